The minimum absolute atomic E-state index is 0.338. The maximum Gasteiger partial charge on any atom is 0.119 e. The molecule has 1 aliphatic heterocycles. The average Bonchev–Trinajstić information content (AvgIpc) is 2.30. The fraction of sp³-hybridized carbons (Fsp3) is 0.538. The molecule has 16 heavy (non-hydrogen) atoms. The Balaban J connectivity index is 1.92. The number of ether oxygens (including phenoxy) is 2. The quantitative estimate of drug-likeness (QED) is 0.849. The molecule has 0 aromatic heterocycles. The third kappa shape index (κ3) is 2.89. The molecule has 1 N–H and O–H groups in total. The molecule has 1 aromatic rings. The Morgan fingerprint density at radius 2 is 1.88 bits per heavy atom. The van der Waals surface area contributed by atoms with Crippen LogP contribution in [0.5, 0.6) is 11.5 Å². The van der Waals surface area contributed by atoms with E-state index in [1.807, 2.05) is 24.3 Å². The van der Waals surface area contributed by atoms with Crippen molar-refractivity contribution in [1.82, 2.24) is 5.32 Å². The summed E-state index contributed by atoms with van der Waals surface area (Å²) in [6, 6.07) is 8.34. The highest BCUT2D eigenvalue weighted by Gasteiger charge is 2.19. The van der Waals surface area contributed by atoms with Crippen LogP contribution in [0, 0.1) is 0 Å². The van der Waals surface area contributed by atoms with Crippen molar-refractivity contribution in [2.75, 3.05) is 13.7 Å². The van der Waals surface area contributed by atoms with Gasteiger partial charge in [-0.05, 0) is 50.6 Å². The Hall–Kier alpha value is -1.22. The fourth-order valence-electron chi connectivity index (χ4n) is 2.04. The summed E-state index contributed by atoms with van der Waals surface area (Å²) < 4.78 is 11.0. The Morgan fingerprint density at radius 3 is 2.50 bits per heavy atom. The van der Waals surface area contributed by atoms with E-state index < -0.39 is 0 Å². The highest BCUT2D eigenvalue weighted by molar-refractivity contribution is 5.31. The summed E-state index contributed by atoms with van der Waals surface area (Å²) >= 11 is 0. The van der Waals surface area contributed by atoms with Crippen LogP contribution in [-0.2, 0) is 0 Å². The predicted molar refractivity (Wildman–Crippen MR) is 64.1 cm³/mol. The van der Waals surface area contributed by atoms with Crippen LogP contribution in [0.25, 0.3) is 0 Å². The summed E-state index contributed by atoms with van der Waals surface area (Å²) in [4.78, 5) is 0. The Morgan fingerprint density at radius 1 is 1.19 bits per heavy atom. The predicted octanol–water partition coefficient (Wildman–Crippen LogP) is 2.21. The van der Waals surface area contributed by atoms with E-state index in [-0.39, 0.29) is 0 Å². The summed E-state index contributed by atoms with van der Waals surface area (Å²) in [7, 11) is 1.67. The molecule has 1 heterocycles. The summed E-state index contributed by atoms with van der Waals surface area (Å²) in [5.74, 6) is 1.80. The molecule has 1 fully saturated rings. The standard InChI is InChI=1S/C13H19NO2/c1-10-9-13(7-8-14-10)16-12-5-3-11(15-2)4-6-12/h3-6,10,13-14H,7-9H2,1-2H3. The third-order valence-electron chi connectivity index (χ3n) is 2.94. The molecule has 0 amide bonds. The van der Waals surface area contributed by atoms with Crippen molar-refractivity contribution >= 4 is 0 Å². The van der Waals surface area contributed by atoms with Crippen molar-refractivity contribution in [2.45, 2.75) is 31.9 Å². The largest absolute Gasteiger partial charge is 0.497 e. The van der Waals surface area contributed by atoms with E-state index in [1.54, 1.807) is 7.11 Å². The van der Waals surface area contributed by atoms with Gasteiger partial charge in [0, 0.05) is 6.04 Å². The molecule has 1 aromatic carbocycles. The monoisotopic (exact) mass is 221 g/mol. The number of hydrogen-bond donors (Lipinski definition) is 1. The number of hydrogen-bond acceptors (Lipinski definition) is 3. The van der Waals surface area contributed by atoms with Gasteiger partial charge in [-0.1, -0.05) is 0 Å². The van der Waals surface area contributed by atoms with Crippen molar-refractivity contribution in [1.29, 1.82) is 0 Å². The van der Waals surface area contributed by atoms with Crippen LogP contribution in [-0.4, -0.2) is 25.8 Å². The molecule has 0 radical (unpaired) electrons. The van der Waals surface area contributed by atoms with Crippen molar-refractivity contribution in [3.63, 3.8) is 0 Å². The molecule has 88 valence electrons. The van der Waals surface area contributed by atoms with Gasteiger partial charge in [-0.15, -0.1) is 0 Å². The van der Waals surface area contributed by atoms with E-state index in [1.165, 1.54) is 0 Å². The van der Waals surface area contributed by atoms with Crippen LogP contribution < -0.4 is 14.8 Å². The van der Waals surface area contributed by atoms with E-state index in [0.717, 1.165) is 30.9 Å². The van der Waals surface area contributed by atoms with Gasteiger partial charge in [0.15, 0.2) is 0 Å². The number of nitrogens with one attached hydrogen (secondary N) is 1. The van der Waals surface area contributed by atoms with E-state index in [4.69, 9.17) is 9.47 Å². The van der Waals surface area contributed by atoms with Gasteiger partial charge in [0.2, 0.25) is 0 Å². The first kappa shape index (κ1) is 11.3. The Kier molecular flexibility index (Phi) is 3.67. The molecule has 3 nitrogen and oxygen atoms in total. The van der Waals surface area contributed by atoms with Crippen LogP contribution in [0.2, 0.25) is 0 Å². The van der Waals surface area contributed by atoms with Crippen LogP contribution in [0.4, 0.5) is 0 Å². The SMILES string of the molecule is COc1ccc(OC2CCNC(C)C2)cc1. The van der Waals surface area contributed by atoms with Gasteiger partial charge in [0.05, 0.1) is 7.11 Å². The van der Waals surface area contributed by atoms with Gasteiger partial charge in [0.1, 0.15) is 17.6 Å². The maximum absolute atomic E-state index is 5.93. The van der Waals surface area contributed by atoms with Gasteiger partial charge in [0.25, 0.3) is 0 Å². The van der Waals surface area contributed by atoms with Crippen molar-refractivity contribution in [3.8, 4) is 11.5 Å². The molecule has 0 bridgehead atoms. The fourth-order valence-corrected chi connectivity index (χ4v) is 2.04. The van der Waals surface area contributed by atoms with E-state index in [9.17, 15) is 0 Å². The van der Waals surface area contributed by atoms with Crippen LogP contribution in [0.15, 0.2) is 24.3 Å². The molecule has 0 saturated carbocycles. The molecular weight excluding hydrogens is 202 g/mol. The van der Waals surface area contributed by atoms with Crippen molar-refractivity contribution in [2.24, 2.45) is 0 Å². The Bertz CT molecular complexity index is 323. The van der Waals surface area contributed by atoms with Gasteiger partial charge in [-0.25, -0.2) is 0 Å². The second-order valence-electron chi connectivity index (χ2n) is 4.29. The van der Waals surface area contributed by atoms with E-state index in [0.29, 0.717) is 12.1 Å². The van der Waals surface area contributed by atoms with Crippen LogP contribution in [0.1, 0.15) is 19.8 Å². The number of benzene rings is 1. The number of rotatable bonds is 3. The van der Waals surface area contributed by atoms with Gasteiger partial charge < -0.3 is 14.8 Å². The first-order valence-corrected chi connectivity index (χ1v) is 5.82. The summed E-state index contributed by atoms with van der Waals surface area (Å²) in [5.41, 5.74) is 0. The van der Waals surface area contributed by atoms with Crippen molar-refractivity contribution in [3.05, 3.63) is 24.3 Å². The zero-order valence-electron chi connectivity index (χ0n) is 9.90. The molecule has 2 atom stereocenters. The van der Waals surface area contributed by atoms with Gasteiger partial charge in [-0.3, -0.25) is 0 Å². The number of methoxy groups -OCH3 is 1. The Labute approximate surface area is 96.8 Å². The minimum Gasteiger partial charge on any atom is -0.497 e. The lowest BCUT2D eigenvalue weighted by molar-refractivity contribution is 0.144. The molecule has 2 rings (SSSR count). The molecular formula is C13H19NO2. The summed E-state index contributed by atoms with van der Waals surface area (Å²) in [6.07, 6.45) is 2.49. The molecule has 1 saturated heterocycles. The van der Waals surface area contributed by atoms with Gasteiger partial charge >= 0.3 is 0 Å². The third-order valence-corrected chi connectivity index (χ3v) is 2.94. The second-order valence-corrected chi connectivity index (χ2v) is 4.29. The molecule has 3 heteroatoms. The van der Waals surface area contributed by atoms with E-state index >= 15 is 0 Å². The minimum atomic E-state index is 0.338. The highest BCUT2D eigenvalue weighted by Crippen LogP contribution is 2.21. The van der Waals surface area contributed by atoms with Crippen molar-refractivity contribution < 1.29 is 9.47 Å². The lowest BCUT2D eigenvalue weighted by atomic mass is 10.0. The summed E-state index contributed by atoms with van der Waals surface area (Å²) in [6.45, 7) is 3.24. The zero-order valence-corrected chi connectivity index (χ0v) is 9.90. The average molecular weight is 221 g/mol. The normalized spacial score (nSPS) is 25.1. The first-order valence-electron chi connectivity index (χ1n) is 5.82. The van der Waals surface area contributed by atoms with Crippen LogP contribution >= 0.6 is 0 Å². The van der Waals surface area contributed by atoms with E-state index in [2.05, 4.69) is 12.2 Å². The molecule has 0 aliphatic carbocycles. The molecule has 0 spiro atoms. The first-order chi connectivity index (χ1) is 7.78. The van der Waals surface area contributed by atoms with Crippen LogP contribution in [0.3, 0.4) is 0 Å². The van der Waals surface area contributed by atoms with Gasteiger partial charge in [-0.2, -0.15) is 0 Å². The lowest BCUT2D eigenvalue weighted by Crippen LogP contribution is -2.40. The second kappa shape index (κ2) is 5.21. The maximum atomic E-state index is 5.93. The smallest absolute Gasteiger partial charge is 0.119 e. The lowest BCUT2D eigenvalue weighted by Gasteiger charge is -2.28. The number of piperidine rings is 1. The summed E-state index contributed by atoms with van der Waals surface area (Å²) in [5, 5.41) is 3.42. The topological polar surface area (TPSA) is 30.5 Å². The molecule has 1 aliphatic rings. The molecule has 2 unspecified atom stereocenters. The zero-order chi connectivity index (χ0) is 11.4. The highest BCUT2D eigenvalue weighted by atomic mass is 16.5.